The van der Waals surface area contributed by atoms with Gasteiger partial charge in [-0.1, -0.05) is 6.08 Å². The molecular formula is C30H30N8O3S. The first-order valence-electron chi connectivity index (χ1n) is 14.0. The molecule has 1 aromatic carbocycles. The normalized spacial score (nSPS) is 15.9. The second kappa shape index (κ2) is 11.5. The number of carbonyl (C=O) groups is 1. The Balaban J connectivity index is 1.05. The van der Waals surface area contributed by atoms with Crippen LogP contribution in [-0.4, -0.2) is 79.7 Å². The van der Waals surface area contributed by atoms with Gasteiger partial charge in [-0.3, -0.25) is 9.69 Å². The first-order valence-corrected chi connectivity index (χ1v) is 14.8. The Labute approximate surface area is 246 Å². The van der Waals surface area contributed by atoms with Crippen molar-refractivity contribution in [1.29, 1.82) is 0 Å². The van der Waals surface area contributed by atoms with Crippen molar-refractivity contribution >= 4 is 44.6 Å². The van der Waals surface area contributed by atoms with Crippen LogP contribution in [0.2, 0.25) is 0 Å². The summed E-state index contributed by atoms with van der Waals surface area (Å²) in [5.41, 5.74) is 3.87. The SMILES string of the molecule is Cc1cc(Nc2ncnc3sc4c(c23)CCN(C(=O)/C=C/CN2CCOCC2)C4)ccc1Oc1ccc2ncnn2c1. The van der Waals surface area contributed by atoms with E-state index in [-0.39, 0.29) is 5.91 Å². The average molecular weight is 583 g/mol. The Bertz CT molecular complexity index is 1790. The summed E-state index contributed by atoms with van der Waals surface area (Å²) in [5.74, 6) is 2.26. The number of benzene rings is 1. The van der Waals surface area contributed by atoms with Crippen LogP contribution in [0.1, 0.15) is 16.0 Å². The molecule has 1 saturated heterocycles. The van der Waals surface area contributed by atoms with Crippen molar-refractivity contribution in [3.8, 4) is 11.5 Å². The summed E-state index contributed by atoms with van der Waals surface area (Å²) in [4.78, 5) is 32.6. The molecule has 11 nitrogen and oxygen atoms in total. The number of ether oxygens (including phenoxy) is 2. The van der Waals surface area contributed by atoms with Gasteiger partial charge >= 0.3 is 0 Å². The van der Waals surface area contributed by atoms with E-state index >= 15 is 0 Å². The van der Waals surface area contributed by atoms with Gasteiger partial charge in [0, 0.05) is 42.8 Å². The topological polar surface area (TPSA) is 110 Å². The lowest BCUT2D eigenvalue weighted by Gasteiger charge is -2.27. The van der Waals surface area contributed by atoms with Gasteiger partial charge in [0.15, 0.2) is 5.65 Å². The zero-order valence-corrected chi connectivity index (χ0v) is 24.0. The van der Waals surface area contributed by atoms with E-state index < -0.39 is 0 Å². The third-order valence-electron chi connectivity index (χ3n) is 7.59. The smallest absolute Gasteiger partial charge is 0.246 e. The number of fused-ring (bicyclic) bond motifs is 4. The van der Waals surface area contributed by atoms with Crippen LogP contribution in [0.3, 0.4) is 0 Å². The molecule has 214 valence electrons. The summed E-state index contributed by atoms with van der Waals surface area (Å²) in [5, 5.41) is 8.71. The van der Waals surface area contributed by atoms with E-state index in [1.165, 1.54) is 16.8 Å². The Morgan fingerprint density at radius 2 is 2.02 bits per heavy atom. The van der Waals surface area contributed by atoms with Gasteiger partial charge in [0.1, 0.15) is 34.8 Å². The maximum atomic E-state index is 12.9. The molecule has 0 bridgehead atoms. The molecule has 1 N–H and O–H groups in total. The van der Waals surface area contributed by atoms with Crippen LogP contribution in [-0.2, 0) is 22.5 Å². The molecule has 7 rings (SSSR count). The van der Waals surface area contributed by atoms with Crippen molar-refractivity contribution < 1.29 is 14.3 Å². The second-order valence-electron chi connectivity index (χ2n) is 10.4. The number of morpholine rings is 1. The van der Waals surface area contributed by atoms with E-state index in [1.54, 1.807) is 28.3 Å². The number of nitrogens with zero attached hydrogens (tertiary/aromatic N) is 7. The Kier molecular flexibility index (Phi) is 7.24. The molecule has 0 aliphatic carbocycles. The molecule has 1 amide bonds. The highest BCUT2D eigenvalue weighted by atomic mass is 32.1. The minimum atomic E-state index is 0.0507. The number of rotatable bonds is 7. The fraction of sp³-hybridized carbons (Fsp3) is 0.300. The zero-order chi connectivity index (χ0) is 28.5. The molecule has 42 heavy (non-hydrogen) atoms. The molecule has 0 saturated carbocycles. The number of thiophene rings is 1. The molecule has 2 aliphatic rings. The number of aromatic nitrogens is 5. The third kappa shape index (κ3) is 5.43. The molecule has 0 spiro atoms. The first-order chi connectivity index (χ1) is 20.6. The number of amides is 1. The number of hydrogen-bond acceptors (Lipinski definition) is 10. The van der Waals surface area contributed by atoms with E-state index in [0.29, 0.717) is 18.8 Å². The van der Waals surface area contributed by atoms with Gasteiger partial charge in [-0.15, -0.1) is 11.3 Å². The van der Waals surface area contributed by atoms with Crippen molar-refractivity contribution in [1.82, 2.24) is 34.4 Å². The van der Waals surface area contributed by atoms with Crippen molar-refractivity contribution in [2.45, 2.75) is 19.9 Å². The van der Waals surface area contributed by atoms with Gasteiger partial charge < -0.3 is 19.7 Å². The highest BCUT2D eigenvalue weighted by Crippen LogP contribution is 2.38. The summed E-state index contributed by atoms with van der Waals surface area (Å²) in [6, 6.07) is 9.71. The molecule has 4 aromatic heterocycles. The molecule has 6 heterocycles. The fourth-order valence-corrected chi connectivity index (χ4v) is 6.57. The molecule has 1 fully saturated rings. The molecule has 2 aliphatic heterocycles. The maximum Gasteiger partial charge on any atom is 0.246 e. The summed E-state index contributed by atoms with van der Waals surface area (Å²) >= 11 is 1.64. The van der Waals surface area contributed by atoms with Crippen LogP contribution >= 0.6 is 11.3 Å². The summed E-state index contributed by atoms with van der Waals surface area (Å²) in [7, 11) is 0. The molecule has 12 heteroatoms. The highest BCUT2D eigenvalue weighted by Gasteiger charge is 2.25. The van der Waals surface area contributed by atoms with Gasteiger partial charge in [0.05, 0.1) is 31.3 Å². The number of carbonyl (C=O) groups excluding carboxylic acids is 1. The van der Waals surface area contributed by atoms with Gasteiger partial charge in [0.25, 0.3) is 0 Å². The van der Waals surface area contributed by atoms with Crippen molar-refractivity contribution in [3.05, 3.63) is 77.3 Å². The second-order valence-corrected chi connectivity index (χ2v) is 11.4. The predicted octanol–water partition coefficient (Wildman–Crippen LogP) is 4.35. The first kappa shape index (κ1) is 26.5. The number of hydrogen-bond donors (Lipinski definition) is 1. The van der Waals surface area contributed by atoms with Gasteiger partial charge in [-0.2, -0.15) is 5.10 Å². The van der Waals surface area contributed by atoms with Crippen LogP contribution in [0, 0.1) is 6.92 Å². The summed E-state index contributed by atoms with van der Waals surface area (Å²) in [6.07, 6.45) is 9.36. The van der Waals surface area contributed by atoms with E-state index in [2.05, 4.69) is 30.3 Å². The lowest BCUT2D eigenvalue weighted by molar-refractivity contribution is -0.126. The molecular weight excluding hydrogens is 552 g/mol. The maximum absolute atomic E-state index is 12.9. The Hall–Kier alpha value is -4.39. The van der Waals surface area contributed by atoms with Gasteiger partial charge in [-0.25, -0.2) is 19.5 Å². The van der Waals surface area contributed by atoms with E-state index in [4.69, 9.17) is 9.47 Å². The van der Waals surface area contributed by atoms with Crippen LogP contribution in [0.15, 0.2) is 61.3 Å². The predicted molar refractivity (Wildman–Crippen MR) is 160 cm³/mol. The van der Waals surface area contributed by atoms with Crippen LogP contribution < -0.4 is 10.1 Å². The number of anilines is 2. The molecule has 0 unspecified atom stereocenters. The average Bonchev–Trinajstić information content (AvgIpc) is 3.63. The van der Waals surface area contributed by atoms with Crippen molar-refractivity contribution in [2.24, 2.45) is 0 Å². The fourth-order valence-electron chi connectivity index (χ4n) is 5.37. The van der Waals surface area contributed by atoms with Crippen LogP contribution in [0.4, 0.5) is 11.5 Å². The van der Waals surface area contributed by atoms with Crippen LogP contribution in [0.5, 0.6) is 11.5 Å². The van der Waals surface area contributed by atoms with E-state index in [1.807, 2.05) is 54.4 Å². The zero-order valence-electron chi connectivity index (χ0n) is 23.2. The molecule has 5 aromatic rings. The highest BCUT2D eigenvalue weighted by molar-refractivity contribution is 7.19. The van der Waals surface area contributed by atoms with Gasteiger partial charge in [-0.05, 0) is 54.8 Å². The minimum Gasteiger partial charge on any atom is -0.455 e. The van der Waals surface area contributed by atoms with Gasteiger partial charge in [0.2, 0.25) is 5.91 Å². The summed E-state index contributed by atoms with van der Waals surface area (Å²) < 4.78 is 13.2. The third-order valence-corrected chi connectivity index (χ3v) is 8.71. The number of pyridine rings is 1. The Morgan fingerprint density at radius 1 is 1.12 bits per heavy atom. The van der Waals surface area contributed by atoms with Crippen molar-refractivity contribution in [3.63, 3.8) is 0 Å². The summed E-state index contributed by atoms with van der Waals surface area (Å²) in [6.45, 7) is 7.36. The van der Waals surface area contributed by atoms with E-state index in [0.717, 1.165) is 78.0 Å². The van der Waals surface area contributed by atoms with Crippen molar-refractivity contribution in [2.75, 3.05) is 44.7 Å². The molecule has 0 radical (unpaired) electrons. The number of nitrogens with one attached hydrogen (secondary N) is 1. The molecule has 0 atom stereocenters. The largest absolute Gasteiger partial charge is 0.455 e. The van der Waals surface area contributed by atoms with E-state index in [9.17, 15) is 4.79 Å². The lowest BCUT2D eigenvalue weighted by atomic mass is 10.0. The minimum absolute atomic E-state index is 0.0507. The standard InChI is InChI=1S/C30H30N8O3S/c1-20-15-21(4-6-24(20)41-22-5-7-26-31-19-34-38(26)16-22)35-29-28-23-8-10-37(17-25(23)42-30(28)33-18-32-29)27(39)3-2-9-36-11-13-40-14-12-36/h2-7,15-16,18-19H,8-14,17H2,1H3,(H,32,33,35)/b3-2+. The quantitative estimate of drug-likeness (QED) is 0.280. The Morgan fingerprint density at radius 3 is 2.90 bits per heavy atom. The monoisotopic (exact) mass is 582 g/mol. The lowest BCUT2D eigenvalue weighted by Crippen LogP contribution is -2.37. The van der Waals surface area contributed by atoms with Crippen LogP contribution in [0.25, 0.3) is 15.9 Å². The number of aryl methyl sites for hydroxylation is 1.